The number of rotatable bonds is 4. The van der Waals surface area contributed by atoms with Crippen molar-refractivity contribution in [1.29, 1.82) is 0 Å². The molecule has 0 aliphatic carbocycles. The zero-order valence-electron chi connectivity index (χ0n) is 10.9. The zero-order valence-corrected chi connectivity index (χ0v) is 10.9. The first-order valence-electron chi connectivity index (χ1n) is 6.01. The van der Waals surface area contributed by atoms with Crippen molar-refractivity contribution in [3.8, 4) is 0 Å². The number of nitrogens with two attached hydrogens (primary N) is 1. The fraction of sp³-hybridized carbons (Fsp3) is 0.571. The summed E-state index contributed by atoms with van der Waals surface area (Å²) in [5.74, 6) is 0. The molecular formula is C14H24N2. The maximum absolute atomic E-state index is 5.57. The van der Waals surface area contributed by atoms with Crippen LogP contribution in [-0.2, 0) is 5.41 Å². The predicted molar refractivity (Wildman–Crippen MR) is 71.9 cm³/mol. The van der Waals surface area contributed by atoms with Gasteiger partial charge in [-0.2, -0.15) is 0 Å². The minimum absolute atomic E-state index is 0.173. The summed E-state index contributed by atoms with van der Waals surface area (Å²) >= 11 is 0. The van der Waals surface area contributed by atoms with Gasteiger partial charge in [0, 0.05) is 11.7 Å². The summed E-state index contributed by atoms with van der Waals surface area (Å²) in [6, 6.07) is 8.94. The highest BCUT2D eigenvalue weighted by Gasteiger charge is 2.17. The summed E-state index contributed by atoms with van der Waals surface area (Å²) in [5.41, 5.74) is 8.33. The maximum Gasteiger partial charge on any atom is 0.0380 e. The molecule has 0 spiro atoms. The van der Waals surface area contributed by atoms with Crippen LogP contribution in [0.3, 0.4) is 0 Å². The number of hydrogen-bond acceptors (Lipinski definition) is 2. The fourth-order valence-electron chi connectivity index (χ4n) is 1.85. The summed E-state index contributed by atoms with van der Waals surface area (Å²) in [6.45, 7) is 9.61. The number of hydrogen-bond donors (Lipinski definition) is 2. The van der Waals surface area contributed by atoms with Crippen LogP contribution in [-0.4, -0.2) is 12.6 Å². The van der Waals surface area contributed by atoms with Crippen LogP contribution < -0.4 is 11.1 Å². The molecule has 1 rings (SSSR count). The summed E-state index contributed by atoms with van der Waals surface area (Å²) < 4.78 is 0. The third kappa shape index (κ3) is 3.53. The van der Waals surface area contributed by atoms with Crippen LogP contribution in [0.15, 0.2) is 24.3 Å². The second-order valence-corrected chi connectivity index (χ2v) is 5.42. The molecule has 1 aromatic carbocycles. The van der Waals surface area contributed by atoms with E-state index in [1.54, 1.807) is 0 Å². The Morgan fingerprint density at radius 2 is 1.88 bits per heavy atom. The van der Waals surface area contributed by atoms with Crippen molar-refractivity contribution in [2.45, 2.75) is 45.6 Å². The second-order valence-electron chi connectivity index (χ2n) is 5.42. The lowest BCUT2D eigenvalue weighted by Gasteiger charge is -2.25. The summed E-state index contributed by atoms with van der Waals surface area (Å²) in [5, 5.41) is 3.54. The van der Waals surface area contributed by atoms with E-state index in [1.807, 2.05) is 0 Å². The highest BCUT2D eigenvalue weighted by molar-refractivity contribution is 5.54. The third-order valence-corrected chi connectivity index (χ3v) is 2.74. The van der Waals surface area contributed by atoms with Crippen LogP contribution in [0.4, 0.5) is 5.69 Å². The summed E-state index contributed by atoms with van der Waals surface area (Å²) in [7, 11) is 0. The second kappa shape index (κ2) is 5.35. The molecule has 16 heavy (non-hydrogen) atoms. The highest BCUT2D eigenvalue weighted by atomic mass is 14.9. The van der Waals surface area contributed by atoms with Gasteiger partial charge in [-0.05, 0) is 36.9 Å². The lowest BCUT2D eigenvalue weighted by molar-refractivity contribution is 0.589. The molecule has 90 valence electrons. The van der Waals surface area contributed by atoms with Gasteiger partial charge in [0.05, 0.1) is 0 Å². The molecule has 0 bridgehead atoms. The molecule has 2 nitrogen and oxygen atoms in total. The molecule has 0 heterocycles. The van der Waals surface area contributed by atoms with Gasteiger partial charge in [0.2, 0.25) is 0 Å². The molecule has 1 aromatic rings. The first-order valence-corrected chi connectivity index (χ1v) is 6.01. The van der Waals surface area contributed by atoms with Crippen molar-refractivity contribution >= 4 is 5.69 Å². The van der Waals surface area contributed by atoms with Gasteiger partial charge in [-0.3, -0.25) is 0 Å². The van der Waals surface area contributed by atoms with Crippen LogP contribution in [0.25, 0.3) is 0 Å². The average Bonchev–Trinajstić information content (AvgIpc) is 2.17. The van der Waals surface area contributed by atoms with Gasteiger partial charge in [-0.1, -0.05) is 39.0 Å². The van der Waals surface area contributed by atoms with E-state index in [4.69, 9.17) is 5.73 Å². The van der Waals surface area contributed by atoms with Crippen LogP contribution in [0.1, 0.15) is 39.7 Å². The Morgan fingerprint density at radius 1 is 1.25 bits per heavy atom. The normalized spacial score (nSPS) is 13.6. The monoisotopic (exact) mass is 220 g/mol. The number of para-hydroxylation sites is 1. The van der Waals surface area contributed by atoms with Crippen molar-refractivity contribution in [3.05, 3.63) is 29.8 Å². The number of anilines is 1. The van der Waals surface area contributed by atoms with Gasteiger partial charge in [-0.25, -0.2) is 0 Å². The summed E-state index contributed by atoms with van der Waals surface area (Å²) in [4.78, 5) is 0. The Balaban J connectivity index is 2.87. The lowest BCUT2D eigenvalue weighted by Crippen LogP contribution is -2.22. The Morgan fingerprint density at radius 3 is 2.44 bits per heavy atom. The van der Waals surface area contributed by atoms with Crippen LogP contribution in [0.2, 0.25) is 0 Å². The Bertz CT molecular complexity index is 326. The lowest BCUT2D eigenvalue weighted by atomic mass is 9.85. The zero-order chi connectivity index (χ0) is 12.2. The molecular weight excluding hydrogens is 196 g/mol. The molecule has 1 unspecified atom stereocenters. The third-order valence-electron chi connectivity index (χ3n) is 2.74. The molecule has 2 heteroatoms. The molecule has 0 amide bonds. The molecule has 0 aromatic heterocycles. The SMILES string of the molecule is CC(CCN)Nc1ccccc1C(C)(C)C. The first-order chi connectivity index (χ1) is 7.45. The van der Waals surface area contributed by atoms with Crippen LogP contribution in [0.5, 0.6) is 0 Å². The van der Waals surface area contributed by atoms with Crippen molar-refractivity contribution in [3.63, 3.8) is 0 Å². The van der Waals surface area contributed by atoms with E-state index >= 15 is 0 Å². The smallest absolute Gasteiger partial charge is 0.0380 e. The quantitative estimate of drug-likeness (QED) is 0.818. The van der Waals surface area contributed by atoms with Gasteiger partial charge in [0.1, 0.15) is 0 Å². The number of benzene rings is 1. The molecule has 0 aliphatic rings. The van der Waals surface area contributed by atoms with Crippen molar-refractivity contribution in [2.24, 2.45) is 5.73 Å². The molecule has 0 fully saturated rings. The van der Waals surface area contributed by atoms with Crippen molar-refractivity contribution in [2.75, 3.05) is 11.9 Å². The summed E-state index contributed by atoms with van der Waals surface area (Å²) in [6.07, 6.45) is 0.998. The Hall–Kier alpha value is -1.02. The topological polar surface area (TPSA) is 38.0 Å². The van der Waals surface area contributed by atoms with E-state index in [0.717, 1.165) is 13.0 Å². The minimum Gasteiger partial charge on any atom is -0.382 e. The van der Waals surface area contributed by atoms with E-state index < -0.39 is 0 Å². The van der Waals surface area contributed by atoms with Gasteiger partial charge in [-0.15, -0.1) is 0 Å². The largest absolute Gasteiger partial charge is 0.382 e. The van der Waals surface area contributed by atoms with Gasteiger partial charge in [0.25, 0.3) is 0 Å². The number of nitrogens with one attached hydrogen (secondary N) is 1. The average molecular weight is 220 g/mol. The Kier molecular flexibility index (Phi) is 4.36. The Labute approximate surface area is 99.2 Å². The van der Waals surface area contributed by atoms with Crippen LogP contribution in [0, 0.1) is 0 Å². The van der Waals surface area contributed by atoms with Crippen LogP contribution >= 0.6 is 0 Å². The van der Waals surface area contributed by atoms with E-state index in [-0.39, 0.29) is 5.41 Å². The first kappa shape index (κ1) is 13.0. The highest BCUT2D eigenvalue weighted by Crippen LogP contribution is 2.29. The maximum atomic E-state index is 5.57. The molecule has 0 saturated heterocycles. The molecule has 3 N–H and O–H groups in total. The van der Waals surface area contributed by atoms with Gasteiger partial charge >= 0.3 is 0 Å². The van der Waals surface area contributed by atoms with Crippen molar-refractivity contribution < 1.29 is 0 Å². The van der Waals surface area contributed by atoms with Gasteiger partial charge < -0.3 is 11.1 Å². The van der Waals surface area contributed by atoms with E-state index in [1.165, 1.54) is 11.3 Å². The fourth-order valence-corrected chi connectivity index (χ4v) is 1.85. The standard InChI is InChI=1S/C14H24N2/c1-11(9-10-15)16-13-8-6-5-7-12(13)14(2,3)4/h5-8,11,16H,9-10,15H2,1-4H3. The van der Waals surface area contributed by atoms with E-state index in [0.29, 0.717) is 6.04 Å². The molecule has 1 atom stereocenters. The minimum atomic E-state index is 0.173. The van der Waals surface area contributed by atoms with E-state index in [9.17, 15) is 0 Å². The molecule has 0 aliphatic heterocycles. The van der Waals surface area contributed by atoms with E-state index in [2.05, 4.69) is 57.3 Å². The van der Waals surface area contributed by atoms with Gasteiger partial charge in [0.15, 0.2) is 0 Å². The molecule has 0 radical (unpaired) electrons. The predicted octanol–water partition coefficient (Wildman–Crippen LogP) is 3.13. The van der Waals surface area contributed by atoms with Crippen molar-refractivity contribution in [1.82, 2.24) is 0 Å². The molecule has 0 saturated carbocycles.